The zero-order chi connectivity index (χ0) is 24.9. The number of amides is 1. The summed E-state index contributed by atoms with van der Waals surface area (Å²) in [6, 6.07) is 5.47. The summed E-state index contributed by atoms with van der Waals surface area (Å²) >= 11 is 0. The molecule has 1 fully saturated rings. The SMILES string of the molecule is Nc1nc(NC2CC2)c2nc(CNc3ccc(C(=O)N[C@@H](CCC(=O)O)C(=O)O)cc3)cnc2n1. The van der Waals surface area contributed by atoms with E-state index in [0.29, 0.717) is 40.9 Å². The number of nitrogen functional groups attached to an aromatic ring is 1. The average molecular weight is 480 g/mol. The van der Waals surface area contributed by atoms with E-state index in [0.717, 1.165) is 12.8 Å². The summed E-state index contributed by atoms with van der Waals surface area (Å²) in [5.41, 5.74) is 8.31. The highest BCUT2D eigenvalue weighted by Crippen LogP contribution is 2.27. The first kappa shape index (κ1) is 23.6. The van der Waals surface area contributed by atoms with Crippen molar-refractivity contribution in [1.29, 1.82) is 0 Å². The second kappa shape index (κ2) is 10.2. The molecule has 0 aliphatic heterocycles. The van der Waals surface area contributed by atoms with Crippen LogP contribution in [0.15, 0.2) is 30.5 Å². The van der Waals surface area contributed by atoms with E-state index in [4.69, 9.17) is 10.8 Å². The third-order valence-electron chi connectivity index (χ3n) is 5.26. The van der Waals surface area contributed by atoms with Gasteiger partial charge in [0.05, 0.1) is 18.4 Å². The normalized spacial score (nSPS) is 13.7. The third kappa shape index (κ3) is 6.28. The Balaban J connectivity index is 1.39. The van der Waals surface area contributed by atoms with Gasteiger partial charge in [-0.25, -0.2) is 14.8 Å². The van der Waals surface area contributed by atoms with Crippen molar-refractivity contribution in [3.63, 3.8) is 0 Å². The van der Waals surface area contributed by atoms with Crippen LogP contribution in [0.25, 0.3) is 11.2 Å². The lowest BCUT2D eigenvalue weighted by molar-refractivity contribution is -0.140. The molecular weight excluding hydrogens is 456 g/mol. The molecule has 7 N–H and O–H groups in total. The van der Waals surface area contributed by atoms with Crippen LogP contribution in [0.3, 0.4) is 0 Å². The molecule has 2 aromatic heterocycles. The van der Waals surface area contributed by atoms with E-state index < -0.39 is 23.9 Å². The number of nitrogens with zero attached hydrogens (tertiary/aromatic N) is 4. The van der Waals surface area contributed by atoms with E-state index in [1.165, 1.54) is 12.1 Å². The Morgan fingerprint density at radius 1 is 1.09 bits per heavy atom. The van der Waals surface area contributed by atoms with Gasteiger partial charge in [-0.3, -0.25) is 9.59 Å². The number of benzene rings is 1. The van der Waals surface area contributed by atoms with Gasteiger partial charge in [0.2, 0.25) is 5.95 Å². The van der Waals surface area contributed by atoms with Crippen LogP contribution in [0.1, 0.15) is 41.7 Å². The number of rotatable bonds is 11. The molecule has 1 aliphatic carbocycles. The molecule has 4 rings (SSSR count). The van der Waals surface area contributed by atoms with Gasteiger partial charge >= 0.3 is 11.9 Å². The fourth-order valence-electron chi connectivity index (χ4n) is 3.27. The van der Waals surface area contributed by atoms with Crippen molar-refractivity contribution in [1.82, 2.24) is 25.3 Å². The van der Waals surface area contributed by atoms with E-state index in [9.17, 15) is 19.5 Å². The predicted octanol–water partition coefficient (Wildman–Crippen LogP) is 1.24. The standard InChI is InChI=1S/C22H24N8O5/c23-22-29-18-17(19(30-22)27-13-5-6-13)26-14(10-25-18)9-24-12-3-1-11(2-4-12)20(33)28-15(21(34)35)7-8-16(31)32/h1-4,10,13,15,24H,5-9H2,(H,28,33)(H,31,32)(H,34,35)(H3,23,25,27,29,30)/t15-/m0/s1. The Labute approximate surface area is 199 Å². The number of aromatic nitrogens is 4. The van der Waals surface area contributed by atoms with Crippen molar-refractivity contribution in [2.45, 2.75) is 44.3 Å². The topological polar surface area (TPSA) is 205 Å². The summed E-state index contributed by atoms with van der Waals surface area (Å²) in [5.74, 6) is -2.35. The highest BCUT2D eigenvalue weighted by molar-refractivity contribution is 5.97. The van der Waals surface area contributed by atoms with Gasteiger partial charge in [0.25, 0.3) is 5.91 Å². The van der Waals surface area contributed by atoms with Crippen LogP contribution in [-0.4, -0.2) is 60.1 Å². The smallest absolute Gasteiger partial charge is 0.326 e. The van der Waals surface area contributed by atoms with Crippen molar-refractivity contribution in [2.24, 2.45) is 0 Å². The number of hydrogen-bond acceptors (Lipinski definition) is 10. The van der Waals surface area contributed by atoms with Crippen molar-refractivity contribution in [3.8, 4) is 0 Å². The molecule has 182 valence electrons. The highest BCUT2D eigenvalue weighted by atomic mass is 16.4. The van der Waals surface area contributed by atoms with Crippen molar-refractivity contribution in [3.05, 3.63) is 41.7 Å². The number of nitrogens with one attached hydrogen (secondary N) is 3. The molecule has 1 aliphatic rings. The molecule has 1 aromatic carbocycles. The fourth-order valence-corrected chi connectivity index (χ4v) is 3.27. The molecular formula is C22H24N8O5. The van der Waals surface area contributed by atoms with E-state index in [2.05, 4.69) is 35.9 Å². The molecule has 13 nitrogen and oxygen atoms in total. The molecule has 1 atom stereocenters. The first-order valence-electron chi connectivity index (χ1n) is 10.9. The summed E-state index contributed by atoms with van der Waals surface area (Å²) in [6.45, 7) is 0.345. The predicted molar refractivity (Wildman–Crippen MR) is 126 cm³/mol. The van der Waals surface area contributed by atoms with Crippen LogP contribution in [0.5, 0.6) is 0 Å². The largest absolute Gasteiger partial charge is 0.481 e. The summed E-state index contributed by atoms with van der Waals surface area (Å²) in [7, 11) is 0. The lowest BCUT2D eigenvalue weighted by Gasteiger charge is -2.14. The molecule has 3 aromatic rings. The average Bonchev–Trinajstić information content (AvgIpc) is 3.64. The van der Waals surface area contributed by atoms with Crippen molar-refractivity contribution in [2.75, 3.05) is 16.4 Å². The Morgan fingerprint density at radius 2 is 1.83 bits per heavy atom. The minimum absolute atomic E-state index is 0.126. The van der Waals surface area contributed by atoms with Gasteiger partial charge in [0, 0.05) is 23.7 Å². The molecule has 0 bridgehead atoms. The van der Waals surface area contributed by atoms with Crippen LogP contribution in [0, 0.1) is 0 Å². The molecule has 1 amide bonds. The maximum atomic E-state index is 12.4. The van der Waals surface area contributed by atoms with Crippen LogP contribution >= 0.6 is 0 Å². The summed E-state index contributed by atoms with van der Waals surface area (Å²) < 4.78 is 0. The van der Waals surface area contributed by atoms with Crippen LogP contribution in [0.4, 0.5) is 17.5 Å². The van der Waals surface area contributed by atoms with Gasteiger partial charge in [0.15, 0.2) is 17.0 Å². The molecule has 0 unspecified atom stereocenters. The maximum Gasteiger partial charge on any atom is 0.326 e. The number of anilines is 3. The van der Waals surface area contributed by atoms with E-state index in [1.807, 2.05) is 0 Å². The number of carbonyl (C=O) groups is 3. The van der Waals surface area contributed by atoms with Crippen LogP contribution in [-0.2, 0) is 16.1 Å². The summed E-state index contributed by atoms with van der Waals surface area (Å²) in [4.78, 5) is 51.7. The fraction of sp³-hybridized carbons (Fsp3) is 0.318. The van der Waals surface area contributed by atoms with Gasteiger partial charge in [-0.15, -0.1) is 0 Å². The van der Waals surface area contributed by atoms with Crippen LogP contribution in [0.2, 0.25) is 0 Å². The lowest BCUT2D eigenvalue weighted by atomic mass is 10.1. The number of hydrogen-bond donors (Lipinski definition) is 6. The number of carboxylic acid groups (broad SMARTS) is 2. The first-order chi connectivity index (χ1) is 16.8. The van der Waals surface area contributed by atoms with Crippen molar-refractivity contribution < 1.29 is 24.6 Å². The molecule has 35 heavy (non-hydrogen) atoms. The summed E-state index contributed by atoms with van der Waals surface area (Å²) in [5, 5.41) is 26.8. The third-order valence-corrected chi connectivity index (χ3v) is 5.26. The zero-order valence-electron chi connectivity index (χ0n) is 18.6. The number of nitrogens with two attached hydrogens (primary N) is 1. The van der Waals surface area contributed by atoms with Crippen LogP contribution < -0.4 is 21.7 Å². The van der Waals surface area contributed by atoms with Gasteiger partial charge < -0.3 is 31.9 Å². The van der Waals surface area contributed by atoms with Gasteiger partial charge in [-0.1, -0.05) is 0 Å². The molecule has 2 heterocycles. The summed E-state index contributed by atoms with van der Waals surface area (Å²) in [6.07, 6.45) is 3.14. The Morgan fingerprint density at radius 3 is 2.49 bits per heavy atom. The number of fused-ring (bicyclic) bond motifs is 1. The number of carboxylic acids is 2. The molecule has 0 spiro atoms. The van der Waals surface area contributed by atoms with E-state index in [1.54, 1.807) is 18.3 Å². The molecule has 0 radical (unpaired) electrons. The number of carbonyl (C=O) groups excluding carboxylic acids is 1. The lowest BCUT2D eigenvalue weighted by Crippen LogP contribution is -2.41. The van der Waals surface area contributed by atoms with Gasteiger partial charge in [-0.2, -0.15) is 9.97 Å². The Kier molecular flexibility index (Phi) is 6.85. The second-order valence-corrected chi connectivity index (χ2v) is 8.11. The highest BCUT2D eigenvalue weighted by Gasteiger charge is 2.24. The van der Waals surface area contributed by atoms with E-state index >= 15 is 0 Å². The first-order valence-corrected chi connectivity index (χ1v) is 10.9. The van der Waals surface area contributed by atoms with Gasteiger partial charge in [0.1, 0.15) is 6.04 Å². The quantitative estimate of drug-likeness (QED) is 0.229. The maximum absolute atomic E-state index is 12.4. The minimum Gasteiger partial charge on any atom is -0.481 e. The zero-order valence-corrected chi connectivity index (χ0v) is 18.6. The monoisotopic (exact) mass is 480 g/mol. The molecule has 0 saturated heterocycles. The minimum atomic E-state index is -1.29. The Hall–Kier alpha value is -4.55. The molecule has 1 saturated carbocycles. The molecule has 13 heteroatoms. The Bertz CT molecular complexity index is 1260. The van der Waals surface area contributed by atoms with Gasteiger partial charge in [-0.05, 0) is 43.5 Å². The number of aliphatic carboxylic acids is 2. The van der Waals surface area contributed by atoms with Crippen molar-refractivity contribution >= 4 is 46.5 Å². The second-order valence-electron chi connectivity index (χ2n) is 8.11. The van der Waals surface area contributed by atoms with E-state index in [-0.39, 0.29) is 24.4 Å².